The summed E-state index contributed by atoms with van der Waals surface area (Å²) in [6.45, 7) is 5.94. The molecule has 0 bridgehead atoms. The molecule has 2 saturated carbocycles. The Labute approximate surface area is 125 Å². The maximum absolute atomic E-state index is 6.31. The number of nitrogens with zero attached hydrogens (tertiary/aromatic N) is 1. The van der Waals surface area contributed by atoms with Crippen LogP contribution >= 0.6 is 0 Å². The molecule has 20 heavy (non-hydrogen) atoms. The van der Waals surface area contributed by atoms with Crippen molar-refractivity contribution in [1.82, 2.24) is 4.90 Å². The molecule has 1 heterocycles. The first-order valence-corrected chi connectivity index (χ1v) is 9.22. The summed E-state index contributed by atoms with van der Waals surface area (Å²) >= 11 is 0. The van der Waals surface area contributed by atoms with Crippen molar-refractivity contribution in [3.8, 4) is 0 Å². The highest BCUT2D eigenvalue weighted by Crippen LogP contribution is 2.43. The van der Waals surface area contributed by atoms with Gasteiger partial charge in [-0.15, -0.1) is 0 Å². The fourth-order valence-corrected chi connectivity index (χ4v) is 5.44. The van der Waals surface area contributed by atoms with E-state index in [9.17, 15) is 0 Å². The van der Waals surface area contributed by atoms with Crippen molar-refractivity contribution < 1.29 is 0 Å². The lowest BCUT2D eigenvalue weighted by Gasteiger charge is -2.53. The lowest BCUT2D eigenvalue weighted by Crippen LogP contribution is -2.60. The van der Waals surface area contributed by atoms with Gasteiger partial charge >= 0.3 is 0 Å². The average molecular weight is 278 g/mol. The van der Waals surface area contributed by atoms with Gasteiger partial charge in [0.15, 0.2) is 0 Å². The molecular weight excluding hydrogens is 244 g/mol. The Balaban J connectivity index is 1.69. The quantitative estimate of drug-likeness (QED) is 0.851. The van der Waals surface area contributed by atoms with Crippen LogP contribution in [-0.4, -0.2) is 30.1 Å². The summed E-state index contributed by atoms with van der Waals surface area (Å²) < 4.78 is 0. The molecular formula is C18H34N2. The van der Waals surface area contributed by atoms with Gasteiger partial charge in [0.2, 0.25) is 0 Å². The molecule has 3 fully saturated rings. The Hall–Kier alpha value is -0.0800. The van der Waals surface area contributed by atoms with Crippen molar-refractivity contribution in [3.63, 3.8) is 0 Å². The molecule has 2 N–H and O–H groups in total. The fourth-order valence-electron chi connectivity index (χ4n) is 5.44. The predicted octanol–water partition coefficient (Wildman–Crippen LogP) is 3.80. The summed E-state index contributed by atoms with van der Waals surface area (Å²) in [5, 5.41) is 0. The molecule has 0 amide bonds. The van der Waals surface area contributed by atoms with Gasteiger partial charge in [-0.2, -0.15) is 0 Å². The molecule has 0 spiro atoms. The zero-order chi connectivity index (χ0) is 14.0. The fraction of sp³-hybridized carbons (Fsp3) is 1.00. The van der Waals surface area contributed by atoms with Gasteiger partial charge < -0.3 is 5.73 Å². The molecule has 0 aromatic heterocycles. The average Bonchev–Trinajstić information content (AvgIpc) is 2.54. The molecule has 2 nitrogen and oxygen atoms in total. The Morgan fingerprint density at radius 2 is 1.85 bits per heavy atom. The van der Waals surface area contributed by atoms with Gasteiger partial charge in [-0.25, -0.2) is 0 Å². The molecule has 4 unspecified atom stereocenters. The Morgan fingerprint density at radius 3 is 2.60 bits per heavy atom. The summed E-state index contributed by atoms with van der Waals surface area (Å²) in [5.41, 5.74) is 6.67. The van der Waals surface area contributed by atoms with E-state index >= 15 is 0 Å². The second-order valence-corrected chi connectivity index (χ2v) is 7.84. The molecule has 4 atom stereocenters. The third kappa shape index (κ3) is 2.78. The van der Waals surface area contributed by atoms with E-state index in [0.717, 1.165) is 24.3 Å². The number of rotatable bonds is 3. The third-order valence-corrected chi connectivity index (χ3v) is 6.84. The maximum Gasteiger partial charge on any atom is 0.0334 e. The minimum absolute atomic E-state index is 0.362. The summed E-state index contributed by atoms with van der Waals surface area (Å²) in [5.74, 6) is 2.96. The lowest BCUT2D eigenvalue weighted by atomic mass is 9.70. The van der Waals surface area contributed by atoms with Gasteiger partial charge in [0.1, 0.15) is 0 Å². The molecule has 0 radical (unpaired) electrons. The van der Waals surface area contributed by atoms with Gasteiger partial charge in [0, 0.05) is 18.6 Å². The first-order valence-electron chi connectivity index (χ1n) is 9.22. The van der Waals surface area contributed by atoms with Crippen molar-refractivity contribution in [2.75, 3.05) is 19.6 Å². The van der Waals surface area contributed by atoms with Gasteiger partial charge in [0.05, 0.1) is 0 Å². The normalized spacial score (nSPS) is 43.2. The SMILES string of the molecule is CCC1CCCC(CN)(N2CCC3CCCCC3C2)C1. The summed E-state index contributed by atoms with van der Waals surface area (Å²) in [6, 6.07) is 0. The van der Waals surface area contributed by atoms with Crippen molar-refractivity contribution >= 4 is 0 Å². The standard InChI is InChI=1S/C18H34N2/c1-2-15-6-5-10-18(12-15,14-19)20-11-9-16-7-3-4-8-17(16)13-20/h15-17H,2-14,19H2,1H3. The van der Waals surface area contributed by atoms with Crippen LogP contribution in [0.25, 0.3) is 0 Å². The largest absolute Gasteiger partial charge is 0.329 e. The van der Waals surface area contributed by atoms with Crippen LogP contribution in [0.1, 0.15) is 71.1 Å². The van der Waals surface area contributed by atoms with E-state index in [1.807, 2.05) is 0 Å². The van der Waals surface area contributed by atoms with Crippen LogP contribution in [0.2, 0.25) is 0 Å². The van der Waals surface area contributed by atoms with Crippen LogP contribution in [0.5, 0.6) is 0 Å². The highest BCUT2D eigenvalue weighted by atomic mass is 15.2. The number of piperidine rings is 1. The Kier molecular flexibility index (Phi) is 4.72. The smallest absolute Gasteiger partial charge is 0.0334 e. The number of nitrogens with two attached hydrogens (primary N) is 1. The zero-order valence-electron chi connectivity index (χ0n) is 13.4. The molecule has 1 saturated heterocycles. The van der Waals surface area contributed by atoms with Crippen molar-refractivity contribution in [3.05, 3.63) is 0 Å². The van der Waals surface area contributed by atoms with E-state index in [0.29, 0.717) is 5.54 Å². The molecule has 1 aliphatic heterocycles. The van der Waals surface area contributed by atoms with Crippen molar-refractivity contribution in [2.24, 2.45) is 23.5 Å². The second kappa shape index (κ2) is 6.36. The van der Waals surface area contributed by atoms with E-state index in [1.165, 1.54) is 77.3 Å². The van der Waals surface area contributed by atoms with Crippen LogP contribution in [0.15, 0.2) is 0 Å². The van der Waals surface area contributed by atoms with E-state index in [-0.39, 0.29) is 0 Å². The zero-order valence-corrected chi connectivity index (χ0v) is 13.4. The maximum atomic E-state index is 6.31. The minimum atomic E-state index is 0.362. The van der Waals surface area contributed by atoms with Crippen LogP contribution in [-0.2, 0) is 0 Å². The molecule has 2 heteroatoms. The molecule has 2 aliphatic carbocycles. The van der Waals surface area contributed by atoms with E-state index in [4.69, 9.17) is 5.73 Å². The van der Waals surface area contributed by atoms with Gasteiger partial charge in [0.25, 0.3) is 0 Å². The molecule has 0 aromatic carbocycles. The second-order valence-electron chi connectivity index (χ2n) is 7.84. The van der Waals surface area contributed by atoms with Crippen LogP contribution in [0.3, 0.4) is 0 Å². The first-order chi connectivity index (χ1) is 9.77. The summed E-state index contributed by atoms with van der Waals surface area (Å²) in [4.78, 5) is 2.85. The highest BCUT2D eigenvalue weighted by Gasteiger charge is 2.43. The number of hydrogen-bond acceptors (Lipinski definition) is 2. The summed E-state index contributed by atoms with van der Waals surface area (Å²) in [7, 11) is 0. The third-order valence-electron chi connectivity index (χ3n) is 6.84. The number of hydrogen-bond donors (Lipinski definition) is 1. The Bertz CT molecular complexity index is 317. The number of fused-ring (bicyclic) bond motifs is 1. The molecule has 116 valence electrons. The van der Waals surface area contributed by atoms with Gasteiger partial charge in [-0.05, 0) is 50.0 Å². The highest BCUT2D eigenvalue weighted by molar-refractivity contribution is 4.99. The first kappa shape index (κ1) is 14.8. The number of likely N-dealkylation sites (tertiary alicyclic amines) is 1. The Morgan fingerprint density at radius 1 is 1.05 bits per heavy atom. The lowest BCUT2D eigenvalue weighted by molar-refractivity contribution is -0.0233. The van der Waals surface area contributed by atoms with E-state index < -0.39 is 0 Å². The topological polar surface area (TPSA) is 29.3 Å². The van der Waals surface area contributed by atoms with Crippen LogP contribution in [0.4, 0.5) is 0 Å². The van der Waals surface area contributed by atoms with E-state index in [1.54, 1.807) is 0 Å². The van der Waals surface area contributed by atoms with Gasteiger partial charge in [-0.1, -0.05) is 45.4 Å². The van der Waals surface area contributed by atoms with Crippen molar-refractivity contribution in [2.45, 2.75) is 76.7 Å². The van der Waals surface area contributed by atoms with E-state index in [2.05, 4.69) is 11.8 Å². The molecule has 3 rings (SSSR count). The monoisotopic (exact) mass is 278 g/mol. The predicted molar refractivity (Wildman–Crippen MR) is 85.7 cm³/mol. The molecule has 3 aliphatic rings. The minimum Gasteiger partial charge on any atom is -0.329 e. The molecule has 0 aromatic rings. The van der Waals surface area contributed by atoms with Gasteiger partial charge in [-0.3, -0.25) is 4.90 Å². The van der Waals surface area contributed by atoms with Crippen LogP contribution < -0.4 is 5.73 Å². The van der Waals surface area contributed by atoms with Crippen LogP contribution in [0, 0.1) is 17.8 Å². The summed E-state index contributed by atoms with van der Waals surface area (Å²) in [6.07, 6.45) is 14.3. The van der Waals surface area contributed by atoms with Crippen molar-refractivity contribution in [1.29, 1.82) is 0 Å².